The third kappa shape index (κ3) is 5.81. The van der Waals surface area contributed by atoms with Crippen LogP contribution < -0.4 is 15.4 Å². The summed E-state index contributed by atoms with van der Waals surface area (Å²) >= 11 is 0. The first-order valence-electron chi connectivity index (χ1n) is 9.66. The van der Waals surface area contributed by atoms with Crippen molar-refractivity contribution in [3.8, 4) is 5.75 Å². The van der Waals surface area contributed by atoms with Gasteiger partial charge in [-0.2, -0.15) is 0 Å². The van der Waals surface area contributed by atoms with Gasteiger partial charge in [-0.05, 0) is 49.2 Å². The van der Waals surface area contributed by atoms with Crippen molar-refractivity contribution < 1.29 is 28.6 Å². The lowest BCUT2D eigenvalue weighted by Crippen LogP contribution is -2.34. The third-order valence-corrected chi connectivity index (χ3v) is 4.63. The van der Waals surface area contributed by atoms with Gasteiger partial charge < -0.3 is 24.8 Å². The minimum absolute atomic E-state index is 0.0125. The van der Waals surface area contributed by atoms with E-state index in [1.165, 1.54) is 6.07 Å². The summed E-state index contributed by atoms with van der Waals surface area (Å²) in [6.07, 6.45) is 1.90. The van der Waals surface area contributed by atoms with Crippen molar-refractivity contribution in [1.29, 1.82) is 0 Å². The normalized spacial score (nSPS) is 15.3. The number of anilines is 1. The second-order valence-corrected chi connectivity index (χ2v) is 6.74. The van der Waals surface area contributed by atoms with Crippen molar-refractivity contribution in [2.75, 3.05) is 32.2 Å². The number of esters is 1. The van der Waals surface area contributed by atoms with Crippen LogP contribution in [0.5, 0.6) is 5.75 Å². The van der Waals surface area contributed by atoms with Crippen molar-refractivity contribution in [2.24, 2.45) is 0 Å². The molecule has 1 fully saturated rings. The second-order valence-electron chi connectivity index (χ2n) is 6.74. The monoisotopic (exact) mass is 412 g/mol. The molecule has 0 spiro atoms. The molecule has 2 aromatic carbocycles. The molecule has 30 heavy (non-hydrogen) atoms. The van der Waals surface area contributed by atoms with E-state index in [-0.39, 0.29) is 17.6 Å². The predicted molar refractivity (Wildman–Crippen MR) is 110 cm³/mol. The molecule has 8 nitrogen and oxygen atoms in total. The molecule has 1 aliphatic heterocycles. The van der Waals surface area contributed by atoms with Crippen LogP contribution in [0.4, 0.5) is 5.69 Å². The zero-order chi connectivity index (χ0) is 21.3. The van der Waals surface area contributed by atoms with Gasteiger partial charge in [0.15, 0.2) is 6.61 Å². The molecule has 2 amide bonds. The summed E-state index contributed by atoms with van der Waals surface area (Å²) in [6.45, 7) is 0.686. The lowest BCUT2D eigenvalue weighted by atomic mass is 10.1. The molecular formula is C22H24N2O6. The third-order valence-electron chi connectivity index (χ3n) is 4.63. The van der Waals surface area contributed by atoms with Gasteiger partial charge in [-0.3, -0.25) is 9.59 Å². The molecule has 1 heterocycles. The molecule has 1 saturated heterocycles. The first-order chi connectivity index (χ1) is 14.6. The van der Waals surface area contributed by atoms with E-state index in [1.54, 1.807) is 49.6 Å². The van der Waals surface area contributed by atoms with Gasteiger partial charge in [-0.15, -0.1) is 0 Å². The van der Waals surface area contributed by atoms with Gasteiger partial charge >= 0.3 is 5.97 Å². The van der Waals surface area contributed by atoms with Crippen LogP contribution in [0.15, 0.2) is 48.5 Å². The summed E-state index contributed by atoms with van der Waals surface area (Å²) in [5.74, 6) is -0.855. The summed E-state index contributed by atoms with van der Waals surface area (Å²) in [6, 6.07) is 13.0. The van der Waals surface area contributed by atoms with E-state index in [9.17, 15) is 14.4 Å². The molecule has 2 N–H and O–H groups in total. The summed E-state index contributed by atoms with van der Waals surface area (Å²) < 4.78 is 15.6. The number of hydrogen-bond acceptors (Lipinski definition) is 6. The Kier molecular flexibility index (Phi) is 7.40. The minimum atomic E-state index is -0.701. The second kappa shape index (κ2) is 10.4. The number of methoxy groups -OCH3 is 1. The minimum Gasteiger partial charge on any atom is -0.497 e. The van der Waals surface area contributed by atoms with Gasteiger partial charge in [0.2, 0.25) is 0 Å². The van der Waals surface area contributed by atoms with Gasteiger partial charge in [0.25, 0.3) is 11.8 Å². The summed E-state index contributed by atoms with van der Waals surface area (Å²) in [5.41, 5.74) is 0.863. The van der Waals surface area contributed by atoms with E-state index < -0.39 is 18.5 Å². The molecule has 0 unspecified atom stereocenters. The summed E-state index contributed by atoms with van der Waals surface area (Å²) in [7, 11) is 1.54. The number of amides is 2. The highest BCUT2D eigenvalue weighted by atomic mass is 16.5. The Morgan fingerprint density at radius 2 is 1.87 bits per heavy atom. The molecule has 2 aromatic rings. The largest absolute Gasteiger partial charge is 0.497 e. The van der Waals surface area contributed by atoms with E-state index in [1.807, 2.05) is 0 Å². The number of ether oxygens (including phenoxy) is 3. The van der Waals surface area contributed by atoms with E-state index in [4.69, 9.17) is 14.2 Å². The van der Waals surface area contributed by atoms with Gasteiger partial charge in [-0.25, -0.2) is 4.79 Å². The maximum atomic E-state index is 12.5. The number of carbonyl (C=O) groups excluding carboxylic acids is 3. The average molecular weight is 412 g/mol. The number of para-hydroxylation sites is 1. The zero-order valence-corrected chi connectivity index (χ0v) is 16.7. The molecule has 1 aliphatic rings. The molecule has 3 rings (SSSR count). The zero-order valence-electron chi connectivity index (χ0n) is 16.7. The Labute approximate surface area is 174 Å². The number of benzene rings is 2. The fraction of sp³-hybridized carbons (Fsp3) is 0.318. The average Bonchev–Trinajstić information content (AvgIpc) is 3.30. The first kappa shape index (κ1) is 21.3. The summed E-state index contributed by atoms with van der Waals surface area (Å²) in [4.78, 5) is 36.8. The predicted octanol–water partition coefficient (Wildman–Crippen LogP) is 2.40. The molecule has 0 aromatic heterocycles. The molecule has 0 radical (unpaired) electrons. The van der Waals surface area contributed by atoms with Crippen molar-refractivity contribution >= 4 is 23.5 Å². The SMILES string of the molecule is COc1ccc(C(=O)Nc2ccccc2C(=O)OCC(=O)NC[C@H]2CCCO2)cc1. The number of hydrogen-bond donors (Lipinski definition) is 2. The van der Waals surface area contributed by atoms with E-state index in [2.05, 4.69) is 10.6 Å². The maximum absolute atomic E-state index is 12.5. The summed E-state index contributed by atoms with van der Waals surface area (Å²) in [5, 5.41) is 5.39. The Bertz CT molecular complexity index is 891. The van der Waals surface area contributed by atoms with Crippen LogP contribution in [-0.2, 0) is 14.3 Å². The van der Waals surface area contributed by atoms with Crippen LogP contribution in [0.1, 0.15) is 33.6 Å². The van der Waals surface area contributed by atoms with Crippen LogP contribution >= 0.6 is 0 Å². The molecule has 0 bridgehead atoms. The molecule has 0 aliphatic carbocycles. The standard InChI is InChI=1S/C22H24N2O6/c1-28-16-10-8-15(9-11-16)21(26)24-19-7-3-2-6-18(19)22(27)30-14-20(25)23-13-17-5-4-12-29-17/h2-3,6-11,17H,4-5,12-14H2,1H3,(H,23,25)(H,24,26)/t17-/m1/s1. The Balaban J connectivity index is 1.55. The van der Waals surface area contributed by atoms with Gasteiger partial charge in [-0.1, -0.05) is 12.1 Å². The van der Waals surface area contributed by atoms with Gasteiger partial charge in [0.05, 0.1) is 24.5 Å². The smallest absolute Gasteiger partial charge is 0.340 e. The lowest BCUT2D eigenvalue weighted by Gasteiger charge is -2.12. The fourth-order valence-electron chi connectivity index (χ4n) is 3.00. The molecule has 0 saturated carbocycles. The molecule has 158 valence electrons. The highest BCUT2D eigenvalue weighted by molar-refractivity contribution is 6.08. The highest BCUT2D eigenvalue weighted by Gasteiger charge is 2.18. The van der Waals surface area contributed by atoms with Crippen molar-refractivity contribution in [3.63, 3.8) is 0 Å². The maximum Gasteiger partial charge on any atom is 0.340 e. The van der Waals surface area contributed by atoms with E-state index in [0.717, 1.165) is 12.8 Å². The lowest BCUT2D eigenvalue weighted by molar-refractivity contribution is -0.124. The first-order valence-corrected chi connectivity index (χ1v) is 9.66. The van der Waals surface area contributed by atoms with E-state index in [0.29, 0.717) is 30.2 Å². The Morgan fingerprint density at radius 1 is 1.10 bits per heavy atom. The fourth-order valence-corrected chi connectivity index (χ4v) is 3.00. The highest BCUT2D eigenvalue weighted by Crippen LogP contribution is 2.18. The van der Waals surface area contributed by atoms with Crippen LogP contribution in [0.25, 0.3) is 0 Å². The molecule has 1 atom stereocenters. The number of rotatable bonds is 8. The molecular weight excluding hydrogens is 388 g/mol. The Morgan fingerprint density at radius 3 is 2.57 bits per heavy atom. The van der Waals surface area contributed by atoms with Crippen molar-refractivity contribution in [2.45, 2.75) is 18.9 Å². The van der Waals surface area contributed by atoms with Gasteiger partial charge in [0.1, 0.15) is 5.75 Å². The van der Waals surface area contributed by atoms with Crippen LogP contribution in [0.2, 0.25) is 0 Å². The van der Waals surface area contributed by atoms with Crippen molar-refractivity contribution in [3.05, 3.63) is 59.7 Å². The topological polar surface area (TPSA) is 103 Å². The number of carbonyl (C=O) groups is 3. The number of nitrogens with one attached hydrogen (secondary N) is 2. The molecule has 8 heteroatoms. The van der Waals surface area contributed by atoms with Crippen molar-refractivity contribution in [1.82, 2.24) is 5.32 Å². The van der Waals surface area contributed by atoms with Crippen LogP contribution in [0, 0.1) is 0 Å². The van der Waals surface area contributed by atoms with Gasteiger partial charge in [0, 0.05) is 18.7 Å². The van der Waals surface area contributed by atoms with Crippen LogP contribution in [-0.4, -0.2) is 50.8 Å². The van der Waals surface area contributed by atoms with Crippen LogP contribution in [0.3, 0.4) is 0 Å². The Hall–Kier alpha value is -3.39. The quantitative estimate of drug-likeness (QED) is 0.646. The van der Waals surface area contributed by atoms with E-state index >= 15 is 0 Å².